The first kappa shape index (κ1) is 17.1. The highest BCUT2D eigenvalue weighted by Gasteiger charge is 2.24. The molecule has 0 atom stereocenters. The first-order valence-electron chi connectivity index (χ1n) is 8.83. The number of rotatable bonds is 5. The van der Waals surface area contributed by atoms with Gasteiger partial charge in [-0.25, -0.2) is 0 Å². The molecular weight excluding hydrogens is 314 g/mol. The zero-order valence-corrected chi connectivity index (χ0v) is 14.5. The first-order chi connectivity index (χ1) is 12.2. The van der Waals surface area contributed by atoms with Gasteiger partial charge in [-0.2, -0.15) is 0 Å². The van der Waals surface area contributed by atoms with Crippen molar-refractivity contribution >= 4 is 17.5 Å². The van der Waals surface area contributed by atoms with Crippen molar-refractivity contribution in [3.8, 4) is 0 Å². The minimum Gasteiger partial charge on any atom is -0.352 e. The van der Waals surface area contributed by atoms with Crippen molar-refractivity contribution in [2.75, 3.05) is 18.0 Å². The van der Waals surface area contributed by atoms with E-state index in [1.807, 2.05) is 18.2 Å². The smallest absolute Gasteiger partial charge is 0.259 e. The molecule has 1 aromatic heterocycles. The summed E-state index contributed by atoms with van der Waals surface area (Å²) in [6, 6.07) is 9.61. The van der Waals surface area contributed by atoms with Gasteiger partial charge < -0.3 is 10.2 Å². The Morgan fingerprint density at radius 3 is 2.84 bits per heavy atom. The first-order valence-corrected chi connectivity index (χ1v) is 8.83. The van der Waals surface area contributed by atoms with Crippen LogP contribution in [0.1, 0.15) is 52.5 Å². The number of para-hydroxylation sites is 1. The van der Waals surface area contributed by atoms with E-state index in [1.165, 1.54) is 18.0 Å². The molecule has 1 aliphatic heterocycles. The minimum atomic E-state index is -0.186. The Bertz CT molecular complexity index is 773. The molecule has 3 rings (SSSR count). The van der Waals surface area contributed by atoms with Crippen molar-refractivity contribution in [1.82, 2.24) is 10.3 Å². The number of hydrogen-bond acceptors (Lipinski definition) is 3. The Morgan fingerprint density at radius 1 is 1.20 bits per heavy atom. The summed E-state index contributed by atoms with van der Waals surface area (Å²) >= 11 is 0. The molecule has 1 N–H and O–H groups in total. The van der Waals surface area contributed by atoms with E-state index in [-0.39, 0.29) is 11.8 Å². The molecule has 1 aromatic carbocycles. The third-order valence-electron chi connectivity index (χ3n) is 4.42. The molecule has 0 spiro atoms. The molecule has 0 unspecified atom stereocenters. The summed E-state index contributed by atoms with van der Waals surface area (Å²) in [4.78, 5) is 31.0. The van der Waals surface area contributed by atoms with E-state index in [0.29, 0.717) is 24.2 Å². The van der Waals surface area contributed by atoms with Gasteiger partial charge in [-0.1, -0.05) is 31.5 Å². The number of benzene rings is 1. The third kappa shape index (κ3) is 3.87. The molecule has 25 heavy (non-hydrogen) atoms. The topological polar surface area (TPSA) is 62.3 Å². The molecule has 2 amide bonds. The fourth-order valence-corrected chi connectivity index (χ4v) is 3.06. The molecule has 0 radical (unpaired) electrons. The number of carbonyl (C=O) groups excluding carboxylic acids is 2. The highest BCUT2D eigenvalue weighted by atomic mass is 16.2. The predicted octanol–water partition coefficient (Wildman–Crippen LogP) is 3.20. The number of nitrogens with zero attached hydrogens (tertiary/aromatic N) is 2. The number of carbonyl (C=O) groups is 2. The van der Waals surface area contributed by atoms with Crippen molar-refractivity contribution in [1.29, 1.82) is 0 Å². The van der Waals surface area contributed by atoms with Crippen molar-refractivity contribution < 1.29 is 9.59 Å². The van der Waals surface area contributed by atoms with Gasteiger partial charge in [0.1, 0.15) is 0 Å². The molecule has 0 saturated carbocycles. The van der Waals surface area contributed by atoms with Crippen molar-refractivity contribution in [3.63, 3.8) is 0 Å². The second kappa shape index (κ2) is 7.92. The second-order valence-electron chi connectivity index (χ2n) is 6.26. The quantitative estimate of drug-likeness (QED) is 0.852. The molecule has 130 valence electrons. The number of fused-ring (bicyclic) bond motifs is 1. The van der Waals surface area contributed by atoms with Gasteiger partial charge in [0.2, 0.25) is 0 Å². The van der Waals surface area contributed by atoms with Crippen LogP contribution < -0.4 is 10.2 Å². The maximum Gasteiger partial charge on any atom is 0.259 e. The fourth-order valence-electron chi connectivity index (χ4n) is 3.06. The Balaban J connectivity index is 1.80. The lowest BCUT2D eigenvalue weighted by molar-refractivity contribution is 0.0953. The van der Waals surface area contributed by atoms with Gasteiger partial charge in [0.25, 0.3) is 11.8 Å². The fraction of sp³-hybridized carbons (Fsp3) is 0.350. The van der Waals surface area contributed by atoms with Crippen LogP contribution in [0.25, 0.3) is 0 Å². The van der Waals surface area contributed by atoms with E-state index in [0.717, 1.165) is 31.4 Å². The van der Waals surface area contributed by atoms with Crippen LogP contribution in [-0.4, -0.2) is 29.9 Å². The van der Waals surface area contributed by atoms with Crippen LogP contribution in [0, 0.1) is 0 Å². The SMILES string of the molecule is CCCCNC(=O)c1cncc(C(=O)N2CCCc3ccccc32)c1. The van der Waals surface area contributed by atoms with Crippen LogP contribution >= 0.6 is 0 Å². The van der Waals surface area contributed by atoms with Gasteiger partial charge in [-0.3, -0.25) is 14.6 Å². The second-order valence-corrected chi connectivity index (χ2v) is 6.26. The molecule has 0 saturated heterocycles. The van der Waals surface area contributed by atoms with E-state index >= 15 is 0 Å². The number of unbranched alkanes of at least 4 members (excludes halogenated alkanes) is 1. The van der Waals surface area contributed by atoms with Crippen molar-refractivity contribution in [2.24, 2.45) is 0 Å². The maximum absolute atomic E-state index is 13.0. The summed E-state index contributed by atoms with van der Waals surface area (Å²) in [5.41, 5.74) is 3.01. The van der Waals surface area contributed by atoms with Crippen LogP contribution in [0.5, 0.6) is 0 Å². The van der Waals surface area contributed by atoms with E-state index in [9.17, 15) is 9.59 Å². The molecule has 5 heteroatoms. The van der Waals surface area contributed by atoms with E-state index < -0.39 is 0 Å². The number of aryl methyl sites for hydroxylation is 1. The van der Waals surface area contributed by atoms with Crippen molar-refractivity contribution in [3.05, 3.63) is 59.4 Å². The van der Waals surface area contributed by atoms with Crippen LogP contribution in [0.15, 0.2) is 42.7 Å². The summed E-state index contributed by atoms with van der Waals surface area (Å²) < 4.78 is 0. The summed E-state index contributed by atoms with van der Waals surface area (Å²) in [6.45, 7) is 3.39. The lowest BCUT2D eigenvalue weighted by atomic mass is 10.0. The predicted molar refractivity (Wildman–Crippen MR) is 97.9 cm³/mol. The Morgan fingerprint density at radius 2 is 2.00 bits per heavy atom. The van der Waals surface area contributed by atoms with Crippen molar-refractivity contribution in [2.45, 2.75) is 32.6 Å². The lowest BCUT2D eigenvalue weighted by Gasteiger charge is -2.29. The summed E-state index contributed by atoms with van der Waals surface area (Å²) in [5, 5.41) is 2.86. The third-order valence-corrected chi connectivity index (χ3v) is 4.42. The van der Waals surface area contributed by atoms with Gasteiger partial charge in [0, 0.05) is 31.2 Å². The average molecular weight is 337 g/mol. The number of nitrogens with one attached hydrogen (secondary N) is 1. The summed E-state index contributed by atoms with van der Waals surface area (Å²) in [6.07, 6.45) is 6.91. The molecule has 2 aromatic rings. The number of aromatic nitrogens is 1. The zero-order valence-electron chi connectivity index (χ0n) is 14.5. The largest absolute Gasteiger partial charge is 0.352 e. The van der Waals surface area contributed by atoms with Gasteiger partial charge in [-0.15, -0.1) is 0 Å². The zero-order chi connectivity index (χ0) is 17.6. The maximum atomic E-state index is 13.0. The summed E-state index contributed by atoms with van der Waals surface area (Å²) in [7, 11) is 0. The number of pyridine rings is 1. The van der Waals surface area contributed by atoms with Gasteiger partial charge in [-0.05, 0) is 37.0 Å². The van der Waals surface area contributed by atoms with Gasteiger partial charge in [0.15, 0.2) is 0 Å². The molecular formula is C20H23N3O2. The minimum absolute atomic E-state index is 0.108. The molecule has 0 fully saturated rings. The van der Waals surface area contributed by atoms with E-state index in [2.05, 4.69) is 23.3 Å². The average Bonchev–Trinajstić information content (AvgIpc) is 2.67. The van der Waals surface area contributed by atoms with E-state index in [4.69, 9.17) is 0 Å². The monoisotopic (exact) mass is 337 g/mol. The molecule has 0 bridgehead atoms. The lowest BCUT2D eigenvalue weighted by Crippen LogP contribution is -2.35. The Kier molecular flexibility index (Phi) is 5.43. The van der Waals surface area contributed by atoms with Crippen LogP contribution in [-0.2, 0) is 6.42 Å². The molecule has 0 aliphatic carbocycles. The molecule has 1 aliphatic rings. The molecule has 2 heterocycles. The van der Waals surface area contributed by atoms with E-state index in [1.54, 1.807) is 11.0 Å². The summed E-state index contributed by atoms with van der Waals surface area (Å²) in [5.74, 6) is -0.294. The normalized spacial score (nSPS) is 13.2. The highest BCUT2D eigenvalue weighted by molar-refractivity contribution is 6.08. The van der Waals surface area contributed by atoms with Crippen LogP contribution in [0.3, 0.4) is 0 Å². The number of hydrogen-bond donors (Lipinski definition) is 1. The van der Waals surface area contributed by atoms with Gasteiger partial charge in [0.05, 0.1) is 11.1 Å². The molecule has 5 nitrogen and oxygen atoms in total. The van der Waals surface area contributed by atoms with Gasteiger partial charge >= 0.3 is 0 Å². The highest BCUT2D eigenvalue weighted by Crippen LogP contribution is 2.28. The van der Waals surface area contributed by atoms with Crippen LogP contribution in [0.4, 0.5) is 5.69 Å². The Hall–Kier alpha value is -2.69. The van der Waals surface area contributed by atoms with Crippen LogP contribution in [0.2, 0.25) is 0 Å². The number of amides is 2. The Labute approximate surface area is 148 Å². The number of anilines is 1. The standard InChI is InChI=1S/C20H23N3O2/c1-2-3-10-22-19(24)16-12-17(14-21-13-16)20(25)23-11-6-8-15-7-4-5-9-18(15)23/h4-5,7,9,12-14H,2-3,6,8,10-11H2,1H3,(H,22,24).